The number of amides is 1. The van der Waals surface area contributed by atoms with Gasteiger partial charge in [-0.2, -0.15) is 11.8 Å². The minimum atomic E-state index is -0.261. The normalized spacial score (nSPS) is 18.1. The summed E-state index contributed by atoms with van der Waals surface area (Å²) >= 11 is 1.57. The number of carbonyl (C=O) groups is 1. The van der Waals surface area contributed by atoms with Crippen LogP contribution in [0, 0.1) is 0 Å². The molecule has 1 saturated carbocycles. The molecule has 0 bridgehead atoms. The molecule has 1 aromatic heterocycles. The highest BCUT2D eigenvalue weighted by atomic mass is 32.2. The second-order valence-electron chi connectivity index (χ2n) is 6.94. The summed E-state index contributed by atoms with van der Waals surface area (Å²) in [5.41, 5.74) is -0.0261. The van der Waals surface area contributed by atoms with Crippen LogP contribution in [0.1, 0.15) is 86.9 Å². The number of aromatic amines is 1. The number of nitrogens with zero attached hydrogens (tertiary/aromatic N) is 1. The molecule has 1 aliphatic rings. The van der Waals surface area contributed by atoms with Crippen molar-refractivity contribution in [2.24, 2.45) is 0 Å². The van der Waals surface area contributed by atoms with Crippen molar-refractivity contribution in [2.75, 3.05) is 6.26 Å². The summed E-state index contributed by atoms with van der Waals surface area (Å²) in [6.45, 7) is 0. The first-order valence-corrected chi connectivity index (χ1v) is 11.0. The Morgan fingerprint density at radius 3 is 2.24 bits per heavy atom. The molecule has 0 spiro atoms. The van der Waals surface area contributed by atoms with Gasteiger partial charge in [0.2, 0.25) is 0 Å². The van der Waals surface area contributed by atoms with Gasteiger partial charge in [0.05, 0.1) is 5.75 Å². The van der Waals surface area contributed by atoms with Gasteiger partial charge in [0.25, 0.3) is 11.5 Å². The molecule has 0 aliphatic heterocycles. The molecule has 0 unspecified atom stereocenters. The zero-order chi connectivity index (χ0) is 17.9. The zero-order valence-corrected chi connectivity index (χ0v) is 16.1. The fraction of sp³-hybridized carbons (Fsp3) is 0.737. The molecule has 0 atom stereocenters. The topological polar surface area (TPSA) is 74.8 Å². The quantitative estimate of drug-likeness (QED) is 0.844. The molecule has 5 nitrogen and oxygen atoms in total. The molecule has 0 radical (unpaired) electrons. The number of H-pyrrole nitrogens is 1. The molecule has 1 fully saturated rings. The van der Waals surface area contributed by atoms with Gasteiger partial charge in [-0.05, 0) is 19.1 Å². The number of hydrogen-bond acceptors (Lipinski definition) is 4. The number of nitrogens with one attached hydrogen (secondary N) is 2. The van der Waals surface area contributed by atoms with Crippen molar-refractivity contribution >= 4 is 17.7 Å². The first-order chi connectivity index (χ1) is 12.2. The van der Waals surface area contributed by atoms with Crippen LogP contribution in [-0.4, -0.2) is 28.2 Å². The molecule has 6 heteroatoms. The molecule has 1 amide bonds. The van der Waals surface area contributed by atoms with Gasteiger partial charge < -0.3 is 10.3 Å². The van der Waals surface area contributed by atoms with Crippen molar-refractivity contribution in [3.8, 4) is 0 Å². The Morgan fingerprint density at radius 1 is 1.12 bits per heavy atom. The SMILES string of the molecule is CSCc1nc(C(=O)NC2CCCCCCCCCCC2)cc(=O)[nH]1. The lowest BCUT2D eigenvalue weighted by Crippen LogP contribution is -2.36. The van der Waals surface area contributed by atoms with Crippen LogP contribution in [0.25, 0.3) is 0 Å². The third-order valence-electron chi connectivity index (χ3n) is 4.74. The fourth-order valence-corrected chi connectivity index (χ4v) is 3.81. The van der Waals surface area contributed by atoms with Gasteiger partial charge in [0, 0.05) is 12.1 Å². The molecule has 1 heterocycles. The van der Waals surface area contributed by atoms with E-state index in [-0.39, 0.29) is 23.2 Å². The first kappa shape index (κ1) is 20.0. The number of thioether (sulfide) groups is 1. The van der Waals surface area contributed by atoms with Crippen LogP contribution in [0.3, 0.4) is 0 Å². The van der Waals surface area contributed by atoms with E-state index in [1.54, 1.807) is 11.8 Å². The van der Waals surface area contributed by atoms with E-state index in [0.717, 1.165) is 25.7 Å². The molecule has 0 saturated heterocycles. The van der Waals surface area contributed by atoms with Gasteiger partial charge in [0.1, 0.15) is 11.5 Å². The summed E-state index contributed by atoms with van der Waals surface area (Å²) in [5.74, 6) is 0.939. The van der Waals surface area contributed by atoms with Crippen LogP contribution in [0.5, 0.6) is 0 Å². The van der Waals surface area contributed by atoms with Crippen LogP contribution in [0.4, 0.5) is 0 Å². The standard InChI is InChI=1S/C19H31N3O2S/c1-25-14-17-21-16(13-18(23)22-17)19(24)20-15-11-9-7-5-3-2-4-6-8-10-12-15/h13,15H,2-12,14H2,1H3,(H,20,24)(H,21,22,23). The van der Waals surface area contributed by atoms with Crippen LogP contribution < -0.4 is 10.9 Å². The zero-order valence-electron chi connectivity index (χ0n) is 15.3. The van der Waals surface area contributed by atoms with Crippen molar-refractivity contribution in [2.45, 2.75) is 82.4 Å². The van der Waals surface area contributed by atoms with E-state index in [2.05, 4.69) is 15.3 Å². The van der Waals surface area contributed by atoms with Crippen LogP contribution >= 0.6 is 11.8 Å². The average molecular weight is 366 g/mol. The number of carbonyl (C=O) groups excluding carboxylic acids is 1. The highest BCUT2D eigenvalue weighted by molar-refractivity contribution is 7.97. The Labute approximate surface area is 154 Å². The molecule has 2 rings (SSSR count). The Kier molecular flexibility index (Phi) is 9.08. The summed E-state index contributed by atoms with van der Waals surface area (Å²) in [6.07, 6.45) is 15.4. The number of aromatic nitrogens is 2. The van der Waals surface area contributed by atoms with Crippen LogP contribution in [0.15, 0.2) is 10.9 Å². The highest BCUT2D eigenvalue weighted by Crippen LogP contribution is 2.17. The molecule has 1 aromatic rings. The van der Waals surface area contributed by atoms with Crippen molar-refractivity contribution in [3.63, 3.8) is 0 Å². The molecule has 2 N–H and O–H groups in total. The lowest BCUT2D eigenvalue weighted by molar-refractivity contribution is 0.0925. The Balaban J connectivity index is 1.96. The minimum absolute atomic E-state index is 0.192. The minimum Gasteiger partial charge on any atom is -0.348 e. The van der Waals surface area contributed by atoms with Crippen LogP contribution in [0.2, 0.25) is 0 Å². The largest absolute Gasteiger partial charge is 0.348 e. The summed E-state index contributed by atoms with van der Waals surface area (Å²) in [4.78, 5) is 31.3. The van der Waals surface area contributed by atoms with Gasteiger partial charge in [-0.15, -0.1) is 0 Å². The highest BCUT2D eigenvalue weighted by Gasteiger charge is 2.16. The predicted octanol–water partition coefficient (Wildman–Crippen LogP) is 4.04. The molecular weight excluding hydrogens is 334 g/mol. The van der Waals surface area contributed by atoms with E-state index in [9.17, 15) is 9.59 Å². The first-order valence-electron chi connectivity index (χ1n) is 9.59. The van der Waals surface area contributed by atoms with Gasteiger partial charge in [0.15, 0.2) is 0 Å². The van der Waals surface area contributed by atoms with Gasteiger partial charge in [-0.25, -0.2) is 4.98 Å². The summed E-state index contributed by atoms with van der Waals surface area (Å²) in [6, 6.07) is 1.49. The lowest BCUT2D eigenvalue weighted by Gasteiger charge is -2.19. The van der Waals surface area contributed by atoms with E-state index < -0.39 is 0 Å². The third-order valence-corrected chi connectivity index (χ3v) is 5.31. The average Bonchev–Trinajstić information content (AvgIpc) is 2.57. The van der Waals surface area contributed by atoms with E-state index in [1.165, 1.54) is 51.0 Å². The molecule has 1 aliphatic carbocycles. The lowest BCUT2D eigenvalue weighted by atomic mass is 9.98. The Bertz CT molecular complexity index is 576. The third kappa shape index (κ3) is 7.63. The maximum atomic E-state index is 12.6. The second-order valence-corrected chi connectivity index (χ2v) is 7.81. The monoisotopic (exact) mass is 365 g/mol. The Morgan fingerprint density at radius 2 is 1.68 bits per heavy atom. The van der Waals surface area contributed by atoms with Crippen molar-refractivity contribution in [3.05, 3.63) is 27.9 Å². The van der Waals surface area contributed by atoms with E-state index >= 15 is 0 Å². The van der Waals surface area contributed by atoms with Crippen molar-refractivity contribution in [1.82, 2.24) is 15.3 Å². The van der Waals surface area contributed by atoms with Gasteiger partial charge in [-0.3, -0.25) is 9.59 Å². The van der Waals surface area contributed by atoms with Gasteiger partial charge in [-0.1, -0.05) is 57.8 Å². The number of hydrogen-bond donors (Lipinski definition) is 2. The molecule has 25 heavy (non-hydrogen) atoms. The van der Waals surface area contributed by atoms with Crippen molar-refractivity contribution in [1.29, 1.82) is 0 Å². The maximum absolute atomic E-state index is 12.6. The second kappa shape index (κ2) is 11.3. The molecule has 0 aromatic carbocycles. The van der Waals surface area contributed by atoms with E-state index in [1.807, 2.05) is 6.26 Å². The fourth-order valence-electron chi connectivity index (χ4n) is 3.40. The summed E-state index contributed by atoms with van der Waals surface area (Å²) in [7, 11) is 0. The molecular formula is C19H31N3O2S. The predicted molar refractivity (Wildman–Crippen MR) is 104 cm³/mol. The smallest absolute Gasteiger partial charge is 0.270 e. The summed E-state index contributed by atoms with van der Waals surface area (Å²) in [5, 5.41) is 3.12. The van der Waals surface area contributed by atoms with E-state index in [4.69, 9.17) is 0 Å². The van der Waals surface area contributed by atoms with E-state index in [0.29, 0.717) is 11.6 Å². The summed E-state index contributed by atoms with van der Waals surface area (Å²) < 4.78 is 0. The Hall–Kier alpha value is -1.30. The maximum Gasteiger partial charge on any atom is 0.270 e. The number of rotatable bonds is 4. The van der Waals surface area contributed by atoms with Gasteiger partial charge >= 0.3 is 0 Å². The van der Waals surface area contributed by atoms with Crippen LogP contribution in [-0.2, 0) is 5.75 Å². The van der Waals surface area contributed by atoms with Crippen molar-refractivity contribution < 1.29 is 4.79 Å². The molecule has 140 valence electrons.